The van der Waals surface area contributed by atoms with Gasteiger partial charge in [-0.25, -0.2) is 0 Å². The lowest BCUT2D eigenvalue weighted by molar-refractivity contribution is 0.101. The Balaban J connectivity index is 2.38. The first-order valence-corrected chi connectivity index (χ1v) is 9.48. The zero-order valence-electron chi connectivity index (χ0n) is 18.7. The Bertz CT molecular complexity index is 737. The molecule has 0 fully saturated rings. The smallest absolute Gasteiger partial charge is 0.183 e. The zero-order chi connectivity index (χ0) is 22.3. The second-order valence-corrected chi connectivity index (χ2v) is 6.50. The predicted molar refractivity (Wildman–Crippen MR) is 110 cm³/mol. The molecule has 2 rings (SSSR count). The first-order valence-electron chi connectivity index (χ1n) is 9.48. The van der Waals surface area contributed by atoms with E-state index in [4.69, 9.17) is 18.9 Å². The lowest BCUT2D eigenvalue weighted by Crippen LogP contribution is -2.11. The van der Waals surface area contributed by atoms with Crippen molar-refractivity contribution in [1.82, 2.24) is 29.7 Å². The average molecular weight is 422 g/mol. The van der Waals surface area contributed by atoms with Gasteiger partial charge in [0.15, 0.2) is 23.3 Å². The Morgan fingerprint density at radius 2 is 0.800 bits per heavy atom. The number of nitrogens with zero attached hydrogens (tertiary/aromatic N) is 8. The van der Waals surface area contributed by atoms with Gasteiger partial charge in [0.2, 0.25) is 0 Å². The van der Waals surface area contributed by atoms with Crippen molar-refractivity contribution in [2.45, 2.75) is 52.1 Å². The Morgan fingerprint density at radius 1 is 0.567 bits per heavy atom. The van der Waals surface area contributed by atoms with E-state index >= 15 is 0 Å². The van der Waals surface area contributed by atoms with Crippen molar-refractivity contribution in [3.8, 4) is 0 Å². The molecule has 0 saturated heterocycles. The van der Waals surface area contributed by atoms with Crippen molar-refractivity contribution in [2.75, 3.05) is 28.4 Å². The van der Waals surface area contributed by atoms with Gasteiger partial charge in [-0.05, 0) is 27.7 Å². The third-order valence-electron chi connectivity index (χ3n) is 4.68. The van der Waals surface area contributed by atoms with Crippen LogP contribution in [0, 0.1) is 0 Å². The molecule has 0 spiro atoms. The van der Waals surface area contributed by atoms with Crippen LogP contribution < -0.4 is 0 Å². The van der Waals surface area contributed by atoms with Gasteiger partial charge in [-0.15, -0.1) is 20.4 Å². The highest BCUT2D eigenvalue weighted by Crippen LogP contribution is 2.21. The summed E-state index contributed by atoms with van der Waals surface area (Å²) in [6.07, 6.45) is 1.83. The number of ether oxygens (including phenoxy) is 4. The second kappa shape index (κ2) is 11.0. The molecular formula is C18H30N8O4. The fourth-order valence-corrected chi connectivity index (χ4v) is 2.47. The molecule has 166 valence electrons. The maximum Gasteiger partial charge on any atom is 0.183 e. The SMILES string of the molecule is CO[C@@H](C)c1nnc([C@H](C)OC)n1/N=C/C=N/n1c([C@H](C)OC)nnc1[C@H](C)OC. The highest BCUT2D eigenvalue weighted by atomic mass is 16.5. The molecule has 0 aliphatic rings. The molecule has 0 aromatic carbocycles. The normalized spacial score (nSPS) is 16.4. The maximum absolute atomic E-state index is 5.36. The lowest BCUT2D eigenvalue weighted by Gasteiger charge is -2.12. The fraction of sp³-hybridized carbons (Fsp3) is 0.667. The van der Waals surface area contributed by atoms with Gasteiger partial charge in [-0.1, -0.05) is 0 Å². The van der Waals surface area contributed by atoms with E-state index in [1.165, 1.54) is 12.4 Å². The molecular weight excluding hydrogens is 392 g/mol. The van der Waals surface area contributed by atoms with E-state index < -0.39 is 0 Å². The summed E-state index contributed by atoms with van der Waals surface area (Å²) in [6.45, 7) is 7.44. The molecule has 0 aliphatic carbocycles. The van der Waals surface area contributed by atoms with E-state index in [-0.39, 0.29) is 24.4 Å². The van der Waals surface area contributed by atoms with E-state index in [0.717, 1.165) is 0 Å². The standard InChI is InChI=1S/C18H30N8O4/c1-11(27-5)15-21-22-16(12(2)28-6)25(15)19-9-10-20-26-17(13(3)29-7)23-24-18(26)14(4)30-8/h9-14H,1-8H3/b19-9+,20-10+/t11-,12-,13-,14-/m0/s1. The molecule has 2 aromatic rings. The van der Waals surface area contributed by atoms with Crippen molar-refractivity contribution >= 4 is 12.4 Å². The molecule has 0 radical (unpaired) electrons. The van der Waals surface area contributed by atoms with Crippen LogP contribution >= 0.6 is 0 Å². The Morgan fingerprint density at radius 3 is 1.00 bits per heavy atom. The Labute approximate surface area is 175 Å². The molecule has 0 N–H and O–H groups in total. The predicted octanol–water partition coefficient (Wildman–Crippen LogP) is 2.07. The fourth-order valence-electron chi connectivity index (χ4n) is 2.47. The summed E-state index contributed by atoms with van der Waals surface area (Å²) in [5.41, 5.74) is 0. The summed E-state index contributed by atoms with van der Waals surface area (Å²) in [5, 5.41) is 25.6. The van der Waals surface area contributed by atoms with E-state index in [9.17, 15) is 0 Å². The number of hydrogen-bond acceptors (Lipinski definition) is 10. The van der Waals surface area contributed by atoms with Gasteiger partial charge in [-0.3, -0.25) is 0 Å². The van der Waals surface area contributed by atoms with Crippen molar-refractivity contribution in [2.24, 2.45) is 10.2 Å². The average Bonchev–Trinajstić information content (AvgIpc) is 3.38. The molecule has 4 atom stereocenters. The topological polar surface area (TPSA) is 123 Å². The third-order valence-corrected chi connectivity index (χ3v) is 4.68. The van der Waals surface area contributed by atoms with Crippen LogP contribution in [-0.4, -0.2) is 70.6 Å². The van der Waals surface area contributed by atoms with Crippen molar-refractivity contribution in [3.63, 3.8) is 0 Å². The summed E-state index contributed by atoms with van der Waals surface area (Å²) >= 11 is 0. The minimum atomic E-state index is -0.300. The van der Waals surface area contributed by atoms with E-state index in [0.29, 0.717) is 23.3 Å². The van der Waals surface area contributed by atoms with Crippen LogP contribution in [0.1, 0.15) is 75.4 Å². The van der Waals surface area contributed by atoms with Crippen LogP contribution in [-0.2, 0) is 18.9 Å². The zero-order valence-corrected chi connectivity index (χ0v) is 18.7. The molecule has 12 heteroatoms. The van der Waals surface area contributed by atoms with Crippen LogP contribution in [0.15, 0.2) is 10.2 Å². The number of aromatic nitrogens is 6. The van der Waals surface area contributed by atoms with Crippen molar-refractivity contribution in [3.05, 3.63) is 23.3 Å². The second-order valence-electron chi connectivity index (χ2n) is 6.50. The Kier molecular flexibility index (Phi) is 8.72. The van der Waals surface area contributed by atoms with E-state index in [1.54, 1.807) is 37.8 Å². The first-order chi connectivity index (χ1) is 14.4. The Hall–Kier alpha value is -2.54. The molecule has 0 aliphatic heterocycles. The third kappa shape index (κ3) is 5.14. The van der Waals surface area contributed by atoms with Gasteiger partial charge in [0, 0.05) is 28.4 Å². The number of methoxy groups -OCH3 is 4. The van der Waals surface area contributed by atoms with Gasteiger partial charge in [0.05, 0.1) is 12.4 Å². The van der Waals surface area contributed by atoms with Crippen molar-refractivity contribution in [1.29, 1.82) is 0 Å². The minimum absolute atomic E-state index is 0.300. The van der Waals surface area contributed by atoms with Gasteiger partial charge in [-0.2, -0.15) is 19.6 Å². The summed E-state index contributed by atoms with van der Waals surface area (Å²) in [4.78, 5) is 0. The lowest BCUT2D eigenvalue weighted by atomic mass is 10.3. The number of hydrogen-bond donors (Lipinski definition) is 0. The maximum atomic E-state index is 5.36. The van der Waals surface area contributed by atoms with Gasteiger partial charge in [0.25, 0.3) is 0 Å². The number of rotatable bonds is 11. The quantitative estimate of drug-likeness (QED) is 0.504. The van der Waals surface area contributed by atoms with Crippen molar-refractivity contribution < 1.29 is 18.9 Å². The summed E-state index contributed by atoms with van der Waals surface area (Å²) < 4.78 is 24.6. The molecule has 0 amide bonds. The molecule has 0 unspecified atom stereocenters. The molecule has 0 saturated carbocycles. The first kappa shape index (κ1) is 23.7. The molecule has 30 heavy (non-hydrogen) atoms. The van der Waals surface area contributed by atoms with E-state index in [2.05, 4.69) is 30.6 Å². The van der Waals surface area contributed by atoms with Crippen LogP contribution in [0.25, 0.3) is 0 Å². The molecule has 2 aromatic heterocycles. The summed E-state index contributed by atoms with van der Waals surface area (Å²) in [7, 11) is 6.38. The largest absolute Gasteiger partial charge is 0.374 e. The monoisotopic (exact) mass is 422 g/mol. The summed E-state index contributed by atoms with van der Waals surface area (Å²) in [6, 6.07) is 0. The van der Waals surface area contributed by atoms with Gasteiger partial charge >= 0.3 is 0 Å². The van der Waals surface area contributed by atoms with Gasteiger partial charge < -0.3 is 18.9 Å². The summed E-state index contributed by atoms with van der Waals surface area (Å²) in [5.74, 6) is 2.20. The van der Waals surface area contributed by atoms with E-state index in [1.807, 2.05) is 27.7 Å². The highest BCUT2D eigenvalue weighted by molar-refractivity contribution is 6.15. The molecule has 2 heterocycles. The van der Waals surface area contributed by atoms with Crippen LogP contribution in [0.2, 0.25) is 0 Å². The van der Waals surface area contributed by atoms with Gasteiger partial charge in [0.1, 0.15) is 24.4 Å². The van der Waals surface area contributed by atoms with Crippen LogP contribution in [0.4, 0.5) is 0 Å². The minimum Gasteiger partial charge on any atom is -0.374 e. The molecule has 0 bridgehead atoms. The highest BCUT2D eigenvalue weighted by Gasteiger charge is 2.22. The van der Waals surface area contributed by atoms with Crippen LogP contribution in [0.3, 0.4) is 0 Å². The molecule has 12 nitrogen and oxygen atoms in total. The van der Waals surface area contributed by atoms with Crippen LogP contribution in [0.5, 0.6) is 0 Å².